The van der Waals surface area contributed by atoms with Crippen molar-refractivity contribution in [3.05, 3.63) is 35.9 Å². The highest BCUT2D eigenvalue weighted by molar-refractivity contribution is 5.79. The summed E-state index contributed by atoms with van der Waals surface area (Å²) in [5, 5.41) is 19.5. The molecule has 0 heterocycles. The lowest BCUT2D eigenvalue weighted by molar-refractivity contribution is -0.139. The molecule has 0 saturated carbocycles. The average Bonchev–Trinajstić information content (AvgIpc) is 2.42. The van der Waals surface area contributed by atoms with Gasteiger partial charge in [-0.2, -0.15) is 5.26 Å². The highest BCUT2D eigenvalue weighted by atomic mass is 16.5. The van der Waals surface area contributed by atoms with Gasteiger partial charge in [0.05, 0.1) is 6.07 Å². The summed E-state index contributed by atoms with van der Waals surface area (Å²) in [4.78, 5) is 22.3. The third kappa shape index (κ3) is 5.55. The molecule has 100 valence electrons. The van der Waals surface area contributed by atoms with Crippen LogP contribution in [-0.4, -0.2) is 23.2 Å². The number of amides is 1. The van der Waals surface area contributed by atoms with Crippen molar-refractivity contribution < 1.29 is 19.4 Å². The van der Waals surface area contributed by atoms with E-state index in [2.05, 4.69) is 5.32 Å². The molecule has 0 radical (unpaired) electrons. The first kappa shape index (κ1) is 14.5. The highest BCUT2D eigenvalue weighted by Gasteiger charge is 2.20. The van der Waals surface area contributed by atoms with Crippen LogP contribution in [0.4, 0.5) is 4.79 Å². The predicted molar refractivity (Wildman–Crippen MR) is 66.0 cm³/mol. The first-order valence-corrected chi connectivity index (χ1v) is 5.70. The molecule has 0 spiro atoms. The van der Waals surface area contributed by atoms with Gasteiger partial charge in [0.2, 0.25) is 0 Å². The van der Waals surface area contributed by atoms with E-state index in [0.717, 1.165) is 5.56 Å². The minimum absolute atomic E-state index is 0.0479. The van der Waals surface area contributed by atoms with Gasteiger partial charge < -0.3 is 15.2 Å². The summed E-state index contributed by atoms with van der Waals surface area (Å²) in [6.07, 6.45) is -0.712. The second-order valence-corrected chi connectivity index (χ2v) is 3.79. The summed E-state index contributed by atoms with van der Waals surface area (Å²) in [7, 11) is 0. The SMILES string of the molecule is N#CCCC(NC(=O)OCc1ccccc1)C(=O)O. The molecule has 1 aromatic carbocycles. The number of rotatable bonds is 6. The number of carboxylic acids is 1. The maximum absolute atomic E-state index is 11.4. The molecular formula is C13H14N2O4. The number of ether oxygens (including phenoxy) is 1. The Bertz CT molecular complexity index is 467. The molecule has 0 bridgehead atoms. The minimum Gasteiger partial charge on any atom is -0.480 e. The summed E-state index contributed by atoms with van der Waals surface area (Å²) >= 11 is 0. The first-order chi connectivity index (χ1) is 9.13. The summed E-state index contributed by atoms with van der Waals surface area (Å²) in [6.45, 7) is 0.0667. The minimum atomic E-state index is -1.19. The average molecular weight is 262 g/mol. The number of carboxylic acid groups (broad SMARTS) is 1. The quantitative estimate of drug-likeness (QED) is 0.812. The van der Waals surface area contributed by atoms with E-state index in [1.807, 2.05) is 24.3 Å². The largest absolute Gasteiger partial charge is 0.480 e. The van der Waals surface area contributed by atoms with Crippen LogP contribution in [0.3, 0.4) is 0 Å². The van der Waals surface area contributed by atoms with E-state index in [0.29, 0.717) is 0 Å². The molecule has 1 atom stereocenters. The van der Waals surface area contributed by atoms with Crippen LogP contribution >= 0.6 is 0 Å². The molecule has 0 aliphatic carbocycles. The van der Waals surface area contributed by atoms with E-state index in [1.165, 1.54) is 0 Å². The van der Waals surface area contributed by atoms with Crippen LogP contribution < -0.4 is 5.32 Å². The summed E-state index contributed by atoms with van der Waals surface area (Å²) < 4.78 is 4.89. The van der Waals surface area contributed by atoms with Crippen LogP contribution in [0.2, 0.25) is 0 Å². The smallest absolute Gasteiger partial charge is 0.408 e. The fourth-order valence-electron chi connectivity index (χ4n) is 1.37. The van der Waals surface area contributed by atoms with E-state index in [-0.39, 0.29) is 19.4 Å². The van der Waals surface area contributed by atoms with Crippen molar-refractivity contribution in [2.75, 3.05) is 0 Å². The van der Waals surface area contributed by atoms with Crippen molar-refractivity contribution in [2.24, 2.45) is 0 Å². The van der Waals surface area contributed by atoms with Crippen molar-refractivity contribution in [3.8, 4) is 6.07 Å². The lowest BCUT2D eigenvalue weighted by Crippen LogP contribution is -2.40. The summed E-state index contributed by atoms with van der Waals surface area (Å²) in [5.74, 6) is -1.19. The van der Waals surface area contributed by atoms with Crippen LogP contribution in [0.1, 0.15) is 18.4 Å². The van der Waals surface area contributed by atoms with Crippen LogP contribution in [-0.2, 0) is 16.1 Å². The fraction of sp³-hybridized carbons (Fsp3) is 0.308. The van der Waals surface area contributed by atoms with E-state index in [9.17, 15) is 9.59 Å². The molecular weight excluding hydrogens is 248 g/mol. The molecule has 6 nitrogen and oxygen atoms in total. The van der Waals surface area contributed by atoms with E-state index in [1.54, 1.807) is 12.1 Å². The van der Waals surface area contributed by atoms with Gasteiger partial charge in [-0.3, -0.25) is 0 Å². The first-order valence-electron chi connectivity index (χ1n) is 5.70. The van der Waals surface area contributed by atoms with Gasteiger partial charge in [-0.15, -0.1) is 0 Å². The maximum atomic E-state index is 11.4. The fourth-order valence-corrected chi connectivity index (χ4v) is 1.37. The van der Waals surface area contributed by atoms with Crippen LogP contribution in [0.5, 0.6) is 0 Å². The lowest BCUT2D eigenvalue weighted by Gasteiger charge is -2.13. The van der Waals surface area contributed by atoms with Gasteiger partial charge in [0.25, 0.3) is 0 Å². The zero-order valence-electron chi connectivity index (χ0n) is 10.2. The van der Waals surface area contributed by atoms with E-state index < -0.39 is 18.1 Å². The van der Waals surface area contributed by atoms with Gasteiger partial charge in [0.1, 0.15) is 12.6 Å². The van der Waals surface area contributed by atoms with E-state index >= 15 is 0 Å². The Morgan fingerprint density at radius 2 is 2.05 bits per heavy atom. The van der Waals surface area contributed by atoms with Crippen LogP contribution in [0, 0.1) is 11.3 Å². The molecule has 1 unspecified atom stereocenters. The predicted octanol–water partition coefficient (Wildman–Crippen LogP) is 1.67. The molecule has 0 aromatic heterocycles. The highest BCUT2D eigenvalue weighted by Crippen LogP contribution is 2.02. The van der Waals surface area contributed by atoms with E-state index in [4.69, 9.17) is 15.1 Å². The second kappa shape index (κ2) is 7.71. The lowest BCUT2D eigenvalue weighted by atomic mass is 10.2. The number of carbonyl (C=O) groups excluding carboxylic acids is 1. The number of hydrogen-bond donors (Lipinski definition) is 2. The molecule has 1 rings (SSSR count). The Morgan fingerprint density at radius 3 is 2.63 bits per heavy atom. The Balaban J connectivity index is 2.40. The summed E-state index contributed by atoms with van der Waals surface area (Å²) in [5.41, 5.74) is 0.807. The number of hydrogen-bond acceptors (Lipinski definition) is 4. The van der Waals surface area contributed by atoms with Crippen LogP contribution in [0.15, 0.2) is 30.3 Å². The Kier molecular flexibility index (Phi) is 5.89. The normalized spacial score (nSPS) is 11.1. The monoisotopic (exact) mass is 262 g/mol. The van der Waals surface area contributed by atoms with Gasteiger partial charge in [0.15, 0.2) is 0 Å². The molecule has 6 heteroatoms. The Labute approximate surface area is 110 Å². The standard InChI is InChI=1S/C13H14N2O4/c14-8-4-7-11(12(16)17)15-13(18)19-9-10-5-2-1-3-6-10/h1-3,5-6,11H,4,7,9H2,(H,15,18)(H,16,17). The van der Waals surface area contributed by atoms with Gasteiger partial charge >= 0.3 is 12.1 Å². The van der Waals surface area contributed by atoms with Gasteiger partial charge in [-0.1, -0.05) is 30.3 Å². The number of nitriles is 1. The Hall–Kier alpha value is -2.55. The number of carbonyl (C=O) groups is 2. The molecule has 2 N–H and O–H groups in total. The third-order valence-corrected chi connectivity index (χ3v) is 2.35. The molecule has 0 fully saturated rings. The van der Waals surface area contributed by atoms with Gasteiger partial charge in [0, 0.05) is 6.42 Å². The molecule has 1 amide bonds. The number of aliphatic carboxylic acids is 1. The van der Waals surface area contributed by atoms with Crippen LogP contribution in [0.25, 0.3) is 0 Å². The third-order valence-electron chi connectivity index (χ3n) is 2.35. The zero-order valence-corrected chi connectivity index (χ0v) is 10.2. The topological polar surface area (TPSA) is 99.4 Å². The van der Waals surface area contributed by atoms with Gasteiger partial charge in [-0.25, -0.2) is 9.59 Å². The maximum Gasteiger partial charge on any atom is 0.408 e. The van der Waals surface area contributed by atoms with Crippen molar-refractivity contribution >= 4 is 12.1 Å². The molecule has 0 aliphatic heterocycles. The van der Waals surface area contributed by atoms with Crippen molar-refractivity contribution in [2.45, 2.75) is 25.5 Å². The van der Waals surface area contributed by atoms with Crippen molar-refractivity contribution in [3.63, 3.8) is 0 Å². The zero-order chi connectivity index (χ0) is 14.1. The number of alkyl carbamates (subject to hydrolysis) is 1. The molecule has 0 aliphatic rings. The molecule has 1 aromatic rings. The Morgan fingerprint density at radius 1 is 1.37 bits per heavy atom. The number of benzene rings is 1. The number of nitrogens with one attached hydrogen (secondary N) is 1. The van der Waals surface area contributed by atoms with Crippen molar-refractivity contribution in [1.82, 2.24) is 5.32 Å². The van der Waals surface area contributed by atoms with Crippen molar-refractivity contribution in [1.29, 1.82) is 5.26 Å². The second-order valence-electron chi connectivity index (χ2n) is 3.79. The van der Waals surface area contributed by atoms with Gasteiger partial charge in [-0.05, 0) is 12.0 Å². The molecule has 0 saturated heterocycles. The summed E-state index contributed by atoms with van der Waals surface area (Å²) in [6, 6.07) is 9.76. The molecule has 19 heavy (non-hydrogen) atoms. The number of nitrogens with zero attached hydrogens (tertiary/aromatic N) is 1.